The van der Waals surface area contributed by atoms with Crippen LogP contribution >= 0.6 is 0 Å². The first-order valence-corrected chi connectivity index (χ1v) is 8.42. The Morgan fingerprint density at radius 2 is 1.92 bits per heavy atom. The van der Waals surface area contributed by atoms with Crippen LogP contribution < -0.4 is 0 Å². The van der Waals surface area contributed by atoms with E-state index in [0.717, 1.165) is 19.3 Å². The molecule has 24 heavy (non-hydrogen) atoms. The lowest BCUT2D eigenvalue weighted by atomic mass is 10.1. The molecule has 2 N–H and O–H groups in total. The first-order chi connectivity index (χ1) is 11.5. The Labute approximate surface area is 141 Å². The zero-order valence-corrected chi connectivity index (χ0v) is 14.0. The third-order valence-corrected chi connectivity index (χ3v) is 3.79. The van der Waals surface area contributed by atoms with Crippen LogP contribution in [0.4, 0.5) is 0 Å². The lowest BCUT2D eigenvalue weighted by Gasteiger charge is -2.19. The molecule has 136 valence electrons. The highest BCUT2D eigenvalue weighted by Crippen LogP contribution is 2.19. The Bertz CT molecular complexity index is 458. The average molecular weight is 342 g/mol. The molecule has 1 rings (SSSR count). The molecule has 0 radical (unpaired) electrons. The highest BCUT2D eigenvalue weighted by molar-refractivity contribution is 6.37. The first kappa shape index (κ1) is 20.3. The van der Waals surface area contributed by atoms with Gasteiger partial charge >= 0.3 is 11.9 Å². The SMILES string of the molecule is CCCCCCCCC=CC(=O)OC1C(=O)C(=O)O[C@@H]1[C@@H](O)CO. The average Bonchev–Trinajstić information content (AvgIpc) is 2.85. The quantitative estimate of drug-likeness (QED) is 0.250. The monoisotopic (exact) mass is 342 g/mol. The van der Waals surface area contributed by atoms with Gasteiger partial charge in [-0.2, -0.15) is 0 Å². The molecule has 0 spiro atoms. The Morgan fingerprint density at radius 3 is 2.58 bits per heavy atom. The van der Waals surface area contributed by atoms with Gasteiger partial charge in [0.1, 0.15) is 6.10 Å². The van der Waals surface area contributed by atoms with Crippen LogP contribution in [-0.4, -0.2) is 52.9 Å². The predicted molar refractivity (Wildman–Crippen MR) is 85.0 cm³/mol. The minimum atomic E-state index is -1.52. The third kappa shape index (κ3) is 6.41. The van der Waals surface area contributed by atoms with Crippen molar-refractivity contribution in [3.63, 3.8) is 0 Å². The molecule has 1 fully saturated rings. The molecule has 0 amide bonds. The van der Waals surface area contributed by atoms with Gasteiger partial charge < -0.3 is 19.7 Å². The highest BCUT2D eigenvalue weighted by Gasteiger charge is 2.49. The number of esters is 2. The molecule has 3 atom stereocenters. The number of carbonyl (C=O) groups excluding carboxylic acids is 3. The number of allylic oxidation sites excluding steroid dienone is 1. The summed E-state index contributed by atoms with van der Waals surface area (Å²) in [6, 6.07) is 0. The summed E-state index contributed by atoms with van der Waals surface area (Å²) in [6.07, 6.45) is 6.07. The number of cyclic esters (lactones) is 1. The van der Waals surface area contributed by atoms with Gasteiger partial charge in [-0.05, 0) is 12.8 Å². The predicted octanol–water partition coefficient (Wildman–Crippen LogP) is 1.05. The minimum Gasteiger partial charge on any atom is -0.449 e. The van der Waals surface area contributed by atoms with Gasteiger partial charge in [-0.3, -0.25) is 4.79 Å². The number of carbonyl (C=O) groups is 3. The number of aliphatic hydroxyl groups excluding tert-OH is 2. The standard InChI is InChI=1S/C17H26O7/c1-2-3-4-5-6-7-8-9-10-13(20)23-16-14(21)17(22)24-15(16)12(19)11-18/h9-10,12,15-16,18-19H,2-8,11H2,1H3/t12-,15+,16?/m0/s1. The fourth-order valence-corrected chi connectivity index (χ4v) is 2.40. The van der Waals surface area contributed by atoms with Gasteiger partial charge in [-0.1, -0.05) is 45.1 Å². The van der Waals surface area contributed by atoms with Crippen LogP contribution in [0.2, 0.25) is 0 Å². The summed E-state index contributed by atoms with van der Waals surface area (Å²) in [6.45, 7) is 1.44. The maximum Gasteiger partial charge on any atom is 0.379 e. The normalized spacial score (nSPS) is 22.0. The molecule has 0 aromatic carbocycles. The van der Waals surface area contributed by atoms with Crippen molar-refractivity contribution < 1.29 is 34.1 Å². The van der Waals surface area contributed by atoms with Gasteiger partial charge in [-0.15, -0.1) is 0 Å². The molecule has 1 unspecified atom stereocenters. The molecule has 0 aromatic heterocycles. The van der Waals surface area contributed by atoms with E-state index in [1.807, 2.05) is 0 Å². The van der Waals surface area contributed by atoms with E-state index in [-0.39, 0.29) is 0 Å². The zero-order valence-electron chi connectivity index (χ0n) is 14.0. The molecule has 0 bridgehead atoms. The van der Waals surface area contributed by atoms with Crippen molar-refractivity contribution >= 4 is 17.7 Å². The van der Waals surface area contributed by atoms with Crippen LogP contribution in [0.15, 0.2) is 12.2 Å². The van der Waals surface area contributed by atoms with E-state index >= 15 is 0 Å². The molecule has 7 heteroatoms. The fourth-order valence-electron chi connectivity index (χ4n) is 2.40. The van der Waals surface area contributed by atoms with Crippen LogP contribution in [0.1, 0.15) is 51.9 Å². The highest BCUT2D eigenvalue weighted by atomic mass is 16.6. The number of hydrogen-bond acceptors (Lipinski definition) is 7. The summed E-state index contributed by atoms with van der Waals surface area (Å²) in [4.78, 5) is 34.5. The van der Waals surface area contributed by atoms with Crippen LogP contribution in [0, 0.1) is 0 Å². The second-order valence-electron chi connectivity index (χ2n) is 5.80. The Morgan fingerprint density at radius 1 is 1.25 bits per heavy atom. The molecule has 1 heterocycles. The maximum absolute atomic E-state index is 11.7. The first-order valence-electron chi connectivity index (χ1n) is 8.42. The van der Waals surface area contributed by atoms with E-state index in [9.17, 15) is 19.5 Å². The van der Waals surface area contributed by atoms with Gasteiger partial charge in [0.15, 0.2) is 6.10 Å². The van der Waals surface area contributed by atoms with Gasteiger partial charge in [0.25, 0.3) is 5.78 Å². The van der Waals surface area contributed by atoms with Crippen LogP contribution in [-0.2, 0) is 23.9 Å². The summed E-state index contributed by atoms with van der Waals surface area (Å²) in [5.74, 6) is -3.00. The van der Waals surface area contributed by atoms with Crippen molar-refractivity contribution in [2.45, 2.75) is 70.2 Å². The maximum atomic E-state index is 11.7. The van der Waals surface area contributed by atoms with Crippen molar-refractivity contribution in [3.05, 3.63) is 12.2 Å². The topological polar surface area (TPSA) is 110 Å². The Balaban J connectivity index is 2.35. The zero-order chi connectivity index (χ0) is 17.9. The number of aliphatic hydroxyl groups is 2. The summed E-state index contributed by atoms with van der Waals surface area (Å²) >= 11 is 0. The van der Waals surface area contributed by atoms with Crippen LogP contribution in [0.5, 0.6) is 0 Å². The van der Waals surface area contributed by atoms with Crippen molar-refractivity contribution in [3.8, 4) is 0 Å². The summed E-state index contributed by atoms with van der Waals surface area (Å²) in [7, 11) is 0. The van der Waals surface area contributed by atoms with Crippen molar-refractivity contribution in [2.24, 2.45) is 0 Å². The largest absolute Gasteiger partial charge is 0.449 e. The number of ether oxygens (including phenoxy) is 2. The fraction of sp³-hybridized carbons (Fsp3) is 0.706. The number of Topliss-reactive ketones (excluding diaryl/α,β-unsaturated/α-hetero) is 1. The van der Waals surface area contributed by atoms with Gasteiger partial charge in [0.05, 0.1) is 6.61 Å². The van der Waals surface area contributed by atoms with E-state index in [1.54, 1.807) is 6.08 Å². The van der Waals surface area contributed by atoms with E-state index in [2.05, 4.69) is 11.7 Å². The van der Waals surface area contributed by atoms with Crippen LogP contribution in [0.25, 0.3) is 0 Å². The van der Waals surface area contributed by atoms with E-state index in [1.165, 1.54) is 31.8 Å². The molecule has 1 saturated heterocycles. The van der Waals surface area contributed by atoms with Gasteiger partial charge in [0, 0.05) is 6.08 Å². The van der Waals surface area contributed by atoms with Gasteiger partial charge in [-0.25, -0.2) is 9.59 Å². The lowest BCUT2D eigenvalue weighted by Crippen LogP contribution is -2.41. The second kappa shape index (κ2) is 10.9. The van der Waals surface area contributed by atoms with E-state index in [0.29, 0.717) is 0 Å². The molecular formula is C17H26O7. The number of ketones is 1. The summed E-state index contributed by atoms with van der Waals surface area (Å²) in [5, 5.41) is 18.4. The van der Waals surface area contributed by atoms with E-state index in [4.69, 9.17) is 9.84 Å². The van der Waals surface area contributed by atoms with Crippen molar-refractivity contribution in [1.29, 1.82) is 0 Å². The molecule has 0 aliphatic carbocycles. The van der Waals surface area contributed by atoms with Crippen molar-refractivity contribution in [1.82, 2.24) is 0 Å². The molecule has 1 aliphatic rings. The summed E-state index contributed by atoms with van der Waals surface area (Å²) < 4.78 is 9.53. The van der Waals surface area contributed by atoms with Gasteiger partial charge in [0.2, 0.25) is 6.10 Å². The molecule has 0 saturated carbocycles. The van der Waals surface area contributed by atoms with Crippen LogP contribution in [0.3, 0.4) is 0 Å². The Hall–Kier alpha value is -1.73. The van der Waals surface area contributed by atoms with E-state index < -0.39 is 42.6 Å². The van der Waals surface area contributed by atoms with Crippen molar-refractivity contribution in [2.75, 3.05) is 6.61 Å². The molecule has 0 aromatic rings. The number of hydrogen-bond donors (Lipinski definition) is 2. The smallest absolute Gasteiger partial charge is 0.379 e. The Kier molecular flexibility index (Phi) is 9.26. The lowest BCUT2D eigenvalue weighted by molar-refractivity contribution is -0.156. The minimum absolute atomic E-state index is 0.715. The third-order valence-electron chi connectivity index (χ3n) is 3.79. The molecule has 7 nitrogen and oxygen atoms in total. The number of rotatable bonds is 11. The molecular weight excluding hydrogens is 316 g/mol. The molecule has 1 aliphatic heterocycles. The number of unbranched alkanes of at least 4 members (excludes halogenated alkanes) is 6. The second-order valence-corrected chi connectivity index (χ2v) is 5.80. The summed E-state index contributed by atoms with van der Waals surface area (Å²) in [5.41, 5.74) is 0.